The lowest BCUT2D eigenvalue weighted by Crippen LogP contribution is -2.56. The predicted molar refractivity (Wildman–Crippen MR) is 82.0 cm³/mol. The van der Waals surface area contributed by atoms with Crippen LogP contribution in [0.1, 0.15) is 46.0 Å². The van der Waals surface area contributed by atoms with Gasteiger partial charge in [0.25, 0.3) is 0 Å². The highest BCUT2D eigenvalue weighted by atomic mass is 16.5. The summed E-state index contributed by atoms with van der Waals surface area (Å²) in [6.45, 7) is 6.36. The zero-order chi connectivity index (χ0) is 15.3. The van der Waals surface area contributed by atoms with Crippen LogP contribution >= 0.6 is 0 Å². The second-order valence-corrected chi connectivity index (χ2v) is 6.81. The van der Waals surface area contributed by atoms with Crippen LogP contribution in [0, 0.1) is 11.8 Å². The number of rotatable bonds is 6. The summed E-state index contributed by atoms with van der Waals surface area (Å²) in [6.07, 6.45) is 4.93. The number of hydrogen-bond acceptors (Lipinski definition) is 4. The molecule has 0 aromatic carbocycles. The molecule has 0 bridgehead atoms. The zero-order valence-electron chi connectivity index (χ0n) is 13.4. The van der Waals surface area contributed by atoms with Gasteiger partial charge in [-0.1, -0.05) is 13.8 Å². The topological polar surface area (TPSA) is 70.6 Å². The first-order valence-electron chi connectivity index (χ1n) is 8.34. The fraction of sp³-hybridized carbons (Fsp3) is 0.938. The van der Waals surface area contributed by atoms with Gasteiger partial charge in [-0.3, -0.25) is 4.79 Å². The van der Waals surface area contributed by atoms with E-state index in [2.05, 4.69) is 24.5 Å². The molecule has 2 unspecified atom stereocenters. The first-order valence-corrected chi connectivity index (χ1v) is 8.34. The SMILES string of the molecule is CCCNC1COCC1C(=O)NC1(CO)CCC(C)CC1. The van der Waals surface area contributed by atoms with Gasteiger partial charge in [-0.05, 0) is 44.6 Å². The van der Waals surface area contributed by atoms with Crippen molar-refractivity contribution in [2.24, 2.45) is 11.8 Å². The Hall–Kier alpha value is -0.650. The maximum atomic E-state index is 12.6. The molecule has 21 heavy (non-hydrogen) atoms. The highest BCUT2D eigenvalue weighted by molar-refractivity contribution is 5.80. The number of carbonyl (C=O) groups excluding carboxylic acids is 1. The Balaban J connectivity index is 1.92. The summed E-state index contributed by atoms with van der Waals surface area (Å²) in [5.74, 6) is 0.583. The van der Waals surface area contributed by atoms with Gasteiger partial charge in [-0.15, -0.1) is 0 Å². The van der Waals surface area contributed by atoms with Crippen molar-refractivity contribution < 1.29 is 14.6 Å². The fourth-order valence-corrected chi connectivity index (χ4v) is 3.34. The van der Waals surface area contributed by atoms with Crippen LogP contribution in [0.25, 0.3) is 0 Å². The van der Waals surface area contributed by atoms with Gasteiger partial charge in [-0.2, -0.15) is 0 Å². The Bertz CT molecular complexity index is 340. The maximum Gasteiger partial charge on any atom is 0.227 e. The molecule has 1 saturated heterocycles. The van der Waals surface area contributed by atoms with Crippen molar-refractivity contribution in [1.82, 2.24) is 10.6 Å². The van der Waals surface area contributed by atoms with Crippen molar-refractivity contribution in [3.8, 4) is 0 Å². The van der Waals surface area contributed by atoms with E-state index in [4.69, 9.17) is 4.74 Å². The number of hydrogen-bond donors (Lipinski definition) is 3. The van der Waals surface area contributed by atoms with E-state index in [-0.39, 0.29) is 24.5 Å². The minimum Gasteiger partial charge on any atom is -0.394 e. The van der Waals surface area contributed by atoms with Gasteiger partial charge in [-0.25, -0.2) is 0 Å². The van der Waals surface area contributed by atoms with Gasteiger partial charge < -0.3 is 20.5 Å². The second kappa shape index (κ2) is 7.56. The molecule has 5 heteroatoms. The molecule has 3 N–H and O–H groups in total. The van der Waals surface area contributed by atoms with Crippen LogP contribution in [0.3, 0.4) is 0 Å². The van der Waals surface area contributed by atoms with Gasteiger partial charge in [0.15, 0.2) is 0 Å². The standard InChI is InChI=1S/C16H30N2O3/c1-3-8-17-14-10-21-9-13(14)15(20)18-16(11-19)6-4-12(2)5-7-16/h12-14,17,19H,3-11H2,1-2H3,(H,18,20). The number of carbonyl (C=O) groups is 1. The van der Waals surface area contributed by atoms with Crippen molar-refractivity contribution >= 4 is 5.91 Å². The normalized spacial score (nSPS) is 36.6. The van der Waals surface area contributed by atoms with E-state index in [1.165, 1.54) is 0 Å². The van der Waals surface area contributed by atoms with Crippen LogP contribution in [-0.2, 0) is 9.53 Å². The minimum atomic E-state index is -0.415. The molecule has 122 valence electrons. The van der Waals surface area contributed by atoms with Crippen LogP contribution in [0.5, 0.6) is 0 Å². The van der Waals surface area contributed by atoms with E-state index in [1.54, 1.807) is 0 Å². The van der Waals surface area contributed by atoms with Crippen molar-refractivity contribution in [1.29, 1.82) is 0 Å². The number of aliphatic hydroxyl groups excluding tert-OH is 1. The van der Waals surface area contributed by atoms with Crippen LogP contribution in [0.15, 0.2) is 0 Å². The van der Waals surface area contributed by atoms with Crippen LogP contribution in [0.2, 0.25) is 0 Å². The summed E-state index contributed by atoms with van der Waals surface area (Å²) in [4.78, 5) is 12.6. The summed E-state index contributed by atoms with van der Waals surface area (Å²) in [7, 11) is 0. The molecule has 1 aliphatic carbocycles. The van der Waals surface area contributed by atoms with E-state index in [1.807, 2.05) is 0 Å². The second-order valence-electron chi connectivity index (χ2n) is 6.81. The molecule has 5 nitrogen and oxygen atoms in total. The van der Waals surface area contributed by atoms with Crippen molar-refractivity contribution in [2.75, 3.05) is 26.4 Å². The van der Waals surface area contributed by atoms with Crippen LogP contribution in [-0.4, -0.2) is 49.0 Å². The minimum absolute atomic E-state index is 0.0321. The Kier molecular flexibility index (Phi) is 6.02. The van der Waals surface area contributed by atoms with E-state index in [0.717, 1.165) is 38.6 Å². The quantitative estimate of drug-likeness (QED) is 0.686. The summed E-state index contributed by atoms with van der Waals surface area (Å²) in [6, 6.07) is 0.100. The first-order chi connectivity index (χ1) is 10.1. The molecular weight excluding hydrogens is 268 g/mol. The third kappa shape index (κ3) is 4.18. The Labute approximate surface area is 127 Å². The average molecular weight is 298 g/mol. The van der Waals surface area contributed by atoms with Crippen LogP contribution in [0.4, 0.5) is 0 Å². The molecule has 1 heterocycles. The molecule has 0 spiro atoms. The third-order valence-electron chi connectivity index (χ3n) is 5.00. The summed E-state index contributed by atoms with van der Waals surface area (Å²) >= 11 is 0. The number of ether oxygens (including phenoxy) is 1. The molecular formula is C16H30N2O3. The molecule has 2 atom stereocenters. The predicted octanol–water partition coefficient (Wildman–Crippen LogP) is 1.06. The van der Waals surface area contributed by atoms with Crippen molar-refractivity contribution in [3.63, 3.8) is 0 Å². The number of nitrogens with one attached hydrogen (secondary N) is 2. The summed E-state index contributed by atoms with van der Waals surface area (Å²) < 4.78 is 5.47. The molecule has 0 radical (unpaired) electrons. The highest BCUT2D eigenvalue weighted by Crippen LogP contribution is 2.32. The maximum absolute atomic E-state index is 12.6. The zero-order valence-corrected chi connectivity index (χ0v) is 13.4. The summed E-state index contributed by atoms with van der Waals surface area (Å²) in [5.41, 5.74) is -0.415. The molecule has 1 aliphatic heterocycles. The molecule has 0 aromatic rings. The van der Waals surface area contributed by atoms with Gasteiger partial charge >= 0.3 is 0 Å². The van der Waals surface area contributed by atoms with Gasteiger partial charge in [0.05, 0.1) is 31.3 Å². The van der Waals surface area contributed by atoms with E-state index in [9.17, 15) is 9.90 Å². The Morgan fingerprint density at radius 2 is 2.05 bits per heavy atom. The van der Waals surface area contributed by atoms with Gasteiger partial charge in [0.1, 0.15) is 0 Å². The van der Waals surface area contributed by atoms with Crippen molar-refractivity contribution in [2.45, 2.75) is 57.5 Å². The van der Waals surface area contributed by atoms with E-state index >= 15 is 0 Å². The summed E-state index contributed by atoms with van der Waals surface area (Å²) in [5, 5.41) is 16.3. The van der Waals surface area contributed by atoms with Gasteiger partial charge in [0.2, 0.25) is 5.91 Å². The largest absolute Gasteiger partial charge is 0.394 e. The molecule has 0 aromatic heterocycles. The molecule has 2 fully saturated rings. The Morgan fingerprint density at radius 3 is 2.67 bits per heavy atom. The molecule has 1 saturated carbocycles. The van der Waals surface area contributed by atoms with E-state index in [0.29, 0.717) is 19.1 Å². The number of amides is 1. The lowest BCUT2D eigenvalue weighted by molar-refractivity contribution is -0.128. The van der Waals surface area contributed by atoms with Crippen LogP contribution < -0.4 is 10.6 Å². The highest BCUT2D eigenvalue weighted by Gasteiger charge is 2.40. The number of aliphatic hydroxyl groups is 1. The molecule has 2 rings (SSSR count). The monoisotopic (exact) mass is 298 g/mol. The van der Waals surface area contributed by atoms with E-state index < -0.39 is 5.54 Å². The van der Waals surface area contributed by atoms with Gasteiger partial charge in [0, 0.05) is 6.04 Å². The smallest absolute Gasteiger partial charge is 0.227 e. The average Bonchev–Trinajstić information content (AvgIpc) is 2.96. The van der Waals surface area contributed by atoms with Crippen molar-refractivity contribution in [3.05, 3.63) is 0 Å². The fourth-order valence-electron chi connectivity index (χ4n) is 3.34. The lowest BCUT2D eigenvalue weighted by atomic mass is 9.77. The first kappa shape index (κ1) is 16.7. The third-order valence-corrected chi connectivity index (χ3v) is 5.00. The lowest BCUT2D eigenvalue weighted by Gasteiger charge is -2.39. The Morgan fingerprint density at radius 1 is 1.33 bits per heavy atom. The molecule has 1 amide bonds. The molecule has 2 aliphatic rings.